The number of nitrogens with one attached hydrogen (secondary N) is 2. The van der Waals surface area contributed by atoms with Crippen LogP contribution in [0.4, 0.5) is 0 Å². The van der Waals surface area contributed by atoms with Gasteiger partial charge in [0.2, 0.25) is 0 Å². The Bertz CT molecular complexity index is 375. The van der Waals surface area contributed by atoms with E-state index in [0.717, 1.165) is 25.9 Å². The van der Waals surface area contributed by atoms with Gasteiger partial charge >= 0.3 is 0 Å². The predicted octanol–water partition coefficient (Wildman–Crippen LogP) is -0.431. The molecule has 106 valence electrons. The summed E-state index contributed by atoms with van der Waals surface area (Å²) in [7, 11) is -3.39. The van der Waals surface area contributed by atoms with Gasteiger partial charge in [-0.15, -0.1) is 0 Å². The highest BCUT2D eigenvalue weighted by atomic mass is 32.2. The Balaban J connectivity index is 2.37. The summed E-state index contributed by atoms with van der Waals surface area (Å²) in [5.74, 6) is 0. The zero-order valence-electron chi connectivity index (χ0n) is 10.8. The molecule has 18 heavy (non-hydrogen) atoms. The number of likely N-dealkylation sites (tertiary alicyclic amines) is 1. The number of nitrogens with zero attached hydrogens (tertiary/aromatic N) is 1. The van der Waals surface area contributed by atoms with Gasteiger partial charge in [-0.25, -0.2) is 0 Å². The third-order valence-corrected chi connectivity index (χ3v) is 4.23. The quantitative estimate of drug-likeness (QED) is 0.579. The molecule has 8 heteroatoms. The van der Waals surface area contributed by atoms with E-state index in [9.17, 15) is 8.42 Å². The van der Waals surface area contributed by atoms with Crippen molar-refractivity contribution in [2.24, 2.45) is 5.73 Å². The molecule has 1 rings (SSSR count). The van der Waals surface area contributed by atoms with Crippen molar-refractivity contribution in [1.82, 2.24) is 14.3 Å². The van der Waals surface area contributed by atoms with Gasteiger partial charge in [-0.3, -0.25) is 4.90 Å². The Morgan fingerprint density at radius 2 is 2.00 bits per heavy atom. The van der Waals surface area contributed by atoms with Gasteiger partial charge in [0, 0.05) is 31.7 Å². The second kappa shape index (κ2) is 6.76. The minimum atomic E-state index is -3.39. The van der Waals surface area contributed by atoms with Crippen molar-refractivity contribution in [3.05, 3.63) is 0 Å². The van der Waals surface area contributed by atoms with Crippen LogP contribution in [0.2, 0.25) is 0 Å². The van der Waals surface area contributed by atoms with E-state index in [4.69, 9.17) is 18.0 Å². The van der Waals surface area contributed by atoms with Crippen LogP contribution in [0, 0.1) is 0 Å². The lowest BCUT2D eigenvalue weighted by atomic mass is 10.1. The summed E-state index contributed by atoms with van der Waals surface area (Å²) in [5.41, 5.74) is 5.48. The summed E-state index contributed by atoms with van der Waals surface area (Å²) in [6.07, 6.45) is 1.56. The number of piperidine rings is 1. The first kappa shape index (κ1) is 15.8. The molecule has 6 nitrogen and oxygen atoms in total. The van der Waals surface area contributed by atoms with E-state index in [1.165, 1.54) is 0 Å². The molecule has 0 aromatic heterocycles. The van der Waals surface area contributed by atoms with E-state index >= 15 is 0 Å². The Labute approximate surface area is 114 Å². The maximum Gasteiger partial charge on any atom is 0.277 e. The first-order chi connectivity index (χ1) is 8.28. The van der Waals surface area contributed by atoms with Gasteiger partial charge < -0.3 is 5.73 Å². The molecule has 1 saturated heterocycles. The maximum absolute atomic E-state index is 11.7. The van der Waals surface area contributed by atoms with Crippen LogP contribution in [0.15, 0.2) is 0 Å². The molecule has 0 bridgehead atoms. The first-order valence-corrected chi connectivity index (χ1v) is 7.98. The lowest BCUT2D eigenvalue weighted by Crippen LogP contribution is -2.50. The molecule has 0 aliphatic carbocycles. The van der Waals surface area contributed by atoms with Crippen molar-refractivity contribution in [1.29, 1.82) is 0 Å². The summed E-state index contributed by atoms with van der Waals surface area (Å²) < 4.78 is 28.6. The molecule has 0 atom stereocenters. The lowest BCUT2D eigenvalue weighted by molar-refractivity contribution is 0.232. The van der Waals surface area contributed by atoms with E-state index in [1.54, 1.807) is 13.8 Å². The number of hydrogen-bond donors (Lipinski definition) is 3. The molecule has 1 aliphatic heterocycles. The second-order valence-electron chi connectivity index (χ2n) is 4.91. The average Bonchev–Trinajstić information content (AvgIpc) is 2.17. The highest BCUT2D eigenvalue weighted by molar-refractivity contribution is 7.87. The zero-order chi connectivity index (χ0) is 13.8. The SMILES string of the molecule is CC(C)NS(=O)(=O)NC1CCN(CC(N)=S)CC1. The van der Waals surface area contributed by atoms with Crippen LogP contribution in [0.5, 0.6) is 0 Å². The second-order valence-corrected chi connectivity index (χ2v) is 6.91. The molecule has 0 amide bonds. The maximum atomic E-state index is 11.7. The van der Waals surface area contributed by atoms with E-state index in [-0.39, 0.29) is 12.1 Å². The topological polar surface area (TPSA) is 87.5 Å². The number of hydrogen-bond acceptors (Lipinski definition) is 4. The summed E-state index contributed by atoms with van der Waals surface area (Å²) >= 11 is 4.86. The molecule has 4 N–H and O–H groups in total. The average molecular weight is 294 g/mol. The van der Waals surface area contributed by atoms with Gasteiger partial charge in [-0.2, -0.15) is 17.9 Å². The number of thiocarbonyl (C=S) groups is 1. The zero-order valence-corrected chi connectivity index (χ0v) is 12.5. The lowest BCUT2D eigenvalue weighted by Gasteiger charge is -2.31. The van der Waals surface area contributed by atoms with Crippen molar-refractivity contribution in [2.45, 2.75) is 38.8 Å². The van der Waals surface area contributed by atoms with E-state index in [1.807, 2.05) is 0 Å². The fourth-order valence-electron chi connectivity index (χ4n) is 1.99. The van der Waals surface area contributed by atoms with Gasteiger partial charge in [-0.1, -0.05) is 12.2 Å². The van der Waals surface area contributed by atoms with Crippen LogP contribution >= 0.6 is 12.2 Å². The molecule has 1 fully saturated rings. The highest BCUT2D eigenvalue weighted by Gasteiger charge is 2.23. The Morgan fingerprint density at radius 3 is 2.44 bits per heavy atom. The van der Waals surface area contributed by atoms with E-state index < -0.39 is 10.2 Å². The third-order valence-electron chi connectivity index (χ3n) is 2.68. The fraction of sp³-hybridized carbons (Fsp3) is 0.900. The van der Waals surface area contributed by atoms with Crippen molar-refractivity contribution >= 4 is 27.4 Å². The summed E-state index contributed by atoms with van der Waals surface area (Å²) in [6, 6.07) is -0.110. The third kappa shape index (κ3) is 6.05. The van der Waals surface area contributed by atoms with Crippen molar-refractivity contribution in [3.8, 4) is 0 Å². The molecule has 0 unspecified atom stereocenters. The molecular formula is C10H22N4O2S2. The molecule has 0 saturated carbocycles. The smallest absolute Gasteiger partial charge is 0.277 e. The summed E-state index contributed by atoms with van der Waals surface area (Å²) in [5, 5.41) is 0. The molecule has 0 aromatic rings. The Morgan fingerprint density at radius 1 is 1.44 bits per heavy atom. The van der Waals surface area contributed by atoms with Crippen LogP contribution in [-0.2, 0) is 10.2 Å². The monoisotopic (exact) mass is 294 g/mol. The van der Waals surface area contributed by atoms with Crippen LogP contribution in [0.1, 0.15) is 26.7 Å². The highest BCUT2D eigenvalue weighted by Crippen LogP contribution is 2.10. The largest absolute Gasteiger partial charge is 0.392 e. The number of rotatable bonds is 6. The molecule has 1 heterocycles. The molecule has 1 aliphatic rings. The van der Waals surface area contributed by atoms with Gasteiger partial charge in [0.15, 0.2) is 0 Å². The molecule has 0 radical (unpaired) electrons. The van der Waals surface area contributed by atoms with Gasteiger partial charge in [0.25, 0.3) is 10.2 Å². The molecule has 0 aromatic carbocycles. The van der Waals surface area contributed by atoms with Gasteiger partial charge in [-0.05, 0) is 26.7 Å². The summed E-state index contributed by atoms with van der Waals surface area (Å²) in [6.45, 7) is 5.82. The van der Waals surface area contributed by atoms with Gasteiger partial charge in [0.1, 0.15) is 0 Å². The van der Waals surface area contributed by atoms with Crippen LogP contribution < -0.4 is 15.2 Å². The number of nitrogens with two attached hydrogens (primary N) is 1. The first-order valence-electron chi connectivity index (χ1n) is 6.09. The van der Waals surface area contributed by atoms with Crippen molar-refractivity contribution < 1.29 is 8.42 Å². The molecular weight excluding hydrogens is 272 g/mol. The van der Waals surface area contributed by atoms with E-state index in [0.29, 0.717) is 11.5 Å². The Kier molecular flexibility index (Phi) is 5.93. The Hall–Kier alpha value is -0.280. The fourth-order valence-corrected chi connectivity index (χ4v) is 3.54. The van der Waals surface area contributed by atoms with Crippen LogP contribution in [0.3, 0.4) is 0 Å². The van der Waals surface area contributed by atoms with Crippen molar-refractivity contribution in [3.63, 3.8) is 0 Å². The minimum absolute atomic E-state index is 0.0103. The van der Waals surface area contributed by atoms with Crippen LogP contribution in [-0.4, -0.2) is 50.0 Å². The van der Waals surface area contributed by atoms with Crippen LogP contribution in [0.25, 0.3) is 0 Å². The summed E-state index contributed by atoms with van der Waals surface area (Å²) in [4.78, 5) is 2.62. The normalized spacial score (nSPS) is 19.3. The minimum Gasteiger partial charge on any atom is -0.392 e. The predicted molar refractivity (Wildman–Crippen MR) is 76.6 cm³/mol. The van der Waals surface area contributed by atoms with E-state index in [2.05, 4.69) is 14.3 Å². The molecule has 0 spiro atoms. The van der Waals surface area contributed by atoms with Crippen molar-refractivity contribution in [2.75, 3.05) is 19.6 Å². The standard InChI is InChI=1S/C10H22N4O2S2/c1-8(2)12-18(15,16)13-9-3-5-14(6-4-9)7-10(11)17/h8-9,12-13H,3-7H2,1-2H3,(H2,11,17). The van der Waals surface area contributed by atoms with Gasteiger partial charge in [0.05, 0.1) is 4.99 Å².